The molecule has 1 unspecified atom stereocenters. The van der Waals surface area contributed by atoms with Crippen molar-refractivity contribution in [1.29, 1.82) is 0 Å². The van der Waals surface area contributed by atoms with Gasteiger partial charge < -0.3 is 15.2 Å². The van der Waals surface area contributed by atoms with Gasteiger partial charge in [-0.05, 0) is 19.1 Å². The van der Waals surface area contributed by atoms with E-state index in [1.165, 1.54) is 19.2 Å². The first-order chi connectivity index (χ1) is 7.58. The summed E-state index contributed by atoms with van der Waals surface area (Å²) in [6.45, 7) is 1.43. The number of hydrogen-bond acceptors (Lipinski definition) is 3. The number of methoxy groups -OCH3 is 1. The minimum absolute atomic E-state index is 0.0684. The van der Waals surface area contributed by atoms with Crippen LogP contribution < -0.4 is 10.1 Å². The number of carbonyl (C=O) groups excluding carboxylic acids is 1. The second-order valence-corrected chi connectivity index (χ2v) is 3.40. The molecule has 88 valence electrons. The zero-order valence-electron chi connectivity index (χ0n) is 9.16. The second-order valence-electron chi connectivity index (χ2n) is 3.40. The summed E-state index contributed by atoms with van der Waals surface area (Å²) in [5.74, 6) is -0.854. The van der Waals surface area contributed by atoms with Gasteiger partial charge >= 0.3 is 0 Å². The van der Waals surface area contributed by atoms with Crippen LogP contribution in [0.25, 0.3) is 0 Å². The van der Waals surface area contributed by atoms with E-state index in [0.29, 0.717) is 5.75 Å². The van der Waals surface area contributed by atoms with E-state index in [0.717, 1.165) is 6.07 Å². The molecule has 1 aromatic carbocycles. The van der Waals surface area contributed by atoms with Crippen molar-refractivity contribution < 1.29 is 19.0 Å². The number of halogens is 1. The Balaban J connectivity index is 2.84. The topological polar surface area (TPSA) is 58.6 Å². The standard InChI is InChI=1S/C11H14FNO3/c1-7(6-14)13-11(15)9-4-3-8(16-2)5-10(9)12/h3-5,7,14H,6H2,1-2H3,(H,13,15). The van der Waals surface area contributed by atoms with E-state index in [2.05, 4.69) is 5.32 Å². The molecule has 4 nitrogen and oxygen atoms in total. The van der Waals surface area contributed by atoms with Gasteiger partial charge in [0.25, 0.3) is 5.91 Å². The van der Waals surface area contributed by atoms with Crippen molar-refractivity contribution in [1.82, 2.24) is 5.32 Å². The number of ether oxygens (including phenoxy) is 1. The Hall–Kier alpha value is -1.62. The van der Waals surface area contributed by atoms with Crippen LogP contribution in [-0.2, 0) is 0 Å². The summed E-state index contributed by atoms with van der Waals surface area (Å²) in [7, 11) is 1.42. The van der Waals surface area contributed by atoms with Gasteiger partial charge in [0.05, 0.1) is 19.3 Å². The maximum absolute atomic E-state index is 13.4. The van der Waals surface area contributed by atoms with Crippen molar-refractivity contribution in [3.05, 3.63) is 29.6 Å². The van der Waals surface area contributed by atoms with E-state index in [1.54, 1.807) is 6.92 Å². The Morgan fingerprint density at radius 1 is 1.62 bits per heavy atom. The largest absolute Gasteiger partial charge is 0.497 e. The van der Waals surface area contributed by atoms with Crippen molar-refractivity contribution >= 4 is 5.91 Å². The molecule has 0 bridgehead atoms. The van der Waals surface area contributed by atoms with Crippen LogP contribution in [0, 0.1) is 5.82 Å². The van der Waals surface area contributed by atoms with Crippen LogP contribution in [-0.4, -0.2) is 30.8 Å². The number of benzene rings is 1. The quantitative estimate of drug-likeness (QED) is 0.805. The molecule has 0 aliphatic heterocycles. The fraction of sp³-hybridized carbons (Fsp3) is 0.364. The highest BCUT2D eigenvalue weighted by Gasteiger charge is 2.14. The van der Waals surface area contributed by atoms with Crippen LogP contribution in [0.1, 0.15) is 17.3 Å². The van der Waals surface area contributed by atoms with E-state index in [-0.39, 0.29) is 12.2 Å². The van der Waals surface area contributed by atoms with Gasteiger partial charge in [-0.25, -0.2) is 4.39 Å². The number of aliphatic hydroxyl groups is 1. The second kappa shape index (κ2) is 5.46. The molecule has 0 aliphatic rings. The zero-order chi connectivity index (χ0) is 12.1. The molecule has 1 amide bonds. The molecule has 1 rings (SSSR count). The molecule has 0 aliphatic carbocycles. The third-order valence-electron chi connectivity index (χ3n) is 2.07. The van der Waals surface area contributed by atoms with Crippen molar-refractivity contribution in [2.45, 2.75) is 13.0 Å². The van der Waals surface area contributed by atoms with E-state index in [9.17, 15) is 9.18 Å². The Kier molecular flexibility index (Phi) is 4.25. The average Bonchev–Trinajstić information content (AvgIpc) is 2.28. The van der Waals surface area contributed by atoms with Crippen LogP contribution in [0.3, 0.4) is 0 Å². The van der Waals surface area contributed by atoms with Gasteiger partial charge in [-0.2, -0.15) is 0 Å². The Morgan fingerprint density at radius 3 is 2.81 bits per heavy atom. The molecule has 0 fully saturated rings. The molecule has 0 radical (unpaired) electrons. The maximum Gasteiger partial charge on any atom is 0.254 e. The van der Waals surface area contributed by atoms with Gasteiger partial charge in [0.2, 0.25) is 0 Å². The van der Waals surface area contributed by atoms with Gasteiger partial charge in [-0.1, -0.05) is 0 Å². The number of carbonyl (C=O) groups is 1. The van der Waals surface area contributed by atoms with Crippen molar-refractivity contribution in [3.63, 3.8) is 0 Å². The monoisotopic (exact) mass is 227 g/mol. The summed E-state index contributed by atoms with van der Waals surface area (Å²) in [6, 6.07) is 3.57. The summed E-state index contributed by atoms with van der Waals surface area (Å²) in [4.78, 5) is 11.5. The number of aliphatic hydroxyl groups excluding tert-OH is 1. The van der Waals surface area contributed by atoms with Crippen LogP contribution in [0.5, 0.6) is 5.75 Å². The SMILES string of the molecule is COc1ccc(C(=O)NC(C)CO)c(F)c1. The maximum atomic E-state index is 13.4. The lowest BCUT2D eigenvalue weighted by Gasteiger charge is -2.11. The average molecular weight is 227 g/mol. The fourth-order valence-corrected chi connectivity index (χ4v) is 1.15. The normalized spacial score (nSPS) is 12.0. The predicted molar refractivity (Wildman–Crippen MR) is 57.0 cm³/mol. The molecular formula is C11H14FNO3. The lowest BCUT2D eigenvalue weighted by Crippen LogP contribution is -2.35. The smallest absolute Gasteiger partial charge is 0.254 e. The van der Waals surface area contributed by atoms with Crippen molar-refractivity contribution in [2.75, 3.05) is 13.7 Å². The fourth-order valence-electron chi connectivity index (χ4n) is 1.15. The highest BCUT2D eigenvalue weighted by atomic mass is 19.1. The number of nitrogens with one attached hydrogen (secondary N) is 1. The molecular weight excluding hydrogens is 213 g/mol. The third-order valence-corrected chi connectivity index (χ3v) is 2.07. The summed E-state index contributed by atoms with van der Waals surface area (Å²) < 4.78 is 18.3. The molecule has 1 aromatic rings. The lowest BCUT2D eigenvalue weighted by molar-refractivity contribution is 0.0918. The predicted octanol–water partition coefficient (Wildman–Crippen LogP) is 0.945. The van der Waals surface area contributed by atoms with Crippen molar-refractivity contribution in [2.24, 2.45) is 0 Å². The van der Waals surface area contributed by atoms with E-state index < -0.39 is 17.8 Å². The molecule has 0 spiro atoms. The first-order valence-corrected chi connectivity index (χ1v) is 4.83. The molecule has 2 N–H and O–H groups in total. The van der Waals surface area contributed by atoms with Gasteiger partial charge in [0.1, 0.15) is 11.6 Å². The van der Waals surface area contributed by atoms with Gasteiger partial charge in [-0.15, -0.1) is 0 Å². The summed E-state index contributed by atoms with van der Waals surface area (Å²) in [5, 5.41) is 11.2. The molecule has 16 heavy (non-hydrogen) atoms. The van der Waals surface area contributed by atoms with E-state index >= 15 is 0 Å². The minimum Gasteiger partial charge on any atom is -0.497 e. The Morgan fingerprint density at radius 2 is 2.31 bits per heavy atom. The van der Waals surface area contributed by atoms with E-state index in [1.807, 2.05) is 0 Å². The molecule has 0 heterocycles. The van der Waals surface area contributed by atoms with Crippen LogP contribution in [0.2, 0.25) is 0 Å². The van der Waals surface area contributed by atoms with E-state index in [4.69, 9.17) is 9.84 Å². The highest BCUT2D eigenvalue weighted by Crippen LogP contribution is 2.16. The molecule has 0 saturated carbocycles. The number of hydrogen-bond donors (Lipinski definition) is 2. The van der Waals surface area contributed by atoms with Crippen molar-refractivity contribution in [3.8, 4) is 5.75 Å². The Bertz CT molecular complexity index is 381. The third kappa shape index (κ3) is 2.93. The highest BCUT2D eigenvalue weighted by molar-refractivity contribution is 5.94. The summed E-state index contributed by atoms with van der Waals surface area (Å²) in [5.41, 5.74) is -0.0684. The van der Waals surface area contributed by atoms with Gasteiger partial charge in [0, 0.05) is 12.1 Å². The first kappa shape index (κ1) is 12.4. The lowest BCUT2D eigenvalue weighted by atomic mass is 10.2. The minimum atomic E-state index is -0.651. The van der Waals surface area contributed by atoms with Crippen LogP contribution in [0.15, 0.2) is 18.2 Å². The summed E-state index contributed by atoms with van der Waals surface area (Å²) in [6.07, 6.45) is 0. The molecule has 1 atom stereocenters. The zero-order valence-corrected chi connectivity index (χ0v) is 9.16. The van der Waals surface area contributed by atoms with Crippen LogP contribution in [0.4, 0.5) is 4.39 Å². The molecule has 0 aromatic heterocycles. The first-order valence-electron chi connectivity index (χ1n) is 4.83. The molecule has 5 heteroatoms. The van der Waals surface area contributed by atoms with Crippen LogP contribution >= 0.6 is 0 Å². The summed E-state index contributed by atoms with van der Waals surface area (Å²) >= 11 is 0. The Labute approximate surface area is 93.0 Å². The number of amides is 1. The number of rotatable bonds is 4. The van der Waals surface area contributed by atoms with Gasteiger partial charge in [-0.3, -0.25) is 4.79 Å². The molecule has 0 saturated heterocycles. The van der Waals surface area contributed by atoms with Gasteiger partial charge in [0.15, 0.2) is 0 Å².